The summed E-state index contributed by atoms with van der Waals surface area (Å²) in [5.41, 5.74) is -0.354. The van der Waals surface area contributed by atoms with E-state index in [-0.39, 0.29) is 5.60 Å². The lowest BCUT2D eigenvalue weighted by Crippen LogP contribution is -2.46. The number of aliphatic hydroxyl groups is 2. The van der Waals surface area contributed by atoms with E-state index in [4.69, 9.17) is 0 Å². The van der Waals surface area contributed by atoms with Crippen LogP contribution < -0.4 is 0 Å². The molecule has 8 atom stereocenters. The van der Waals surface area contributed by atoms with Gasteiger partial charge in [0.25, 0.3) is 0 Å². The highest BCUT2D eigenvalue weighted by Gasteiger charge is 2.48. The second-order valence-corrected chi connectivity index (χ2v) is 10.7. The normalized spacial score (nSPS) is 43.4. The second kappa shape index (κ2) is 9.61. The Morgan fingerprint density at radius 2 is 1.70 bits per heavy atom. The van der Waals surface area contributed by atoms with Gasteiger partial charge in [0.15, 0.2) is 0 Å². The third-order valence-electron chi connectivity index (χ3n) is 8.98. The Kier molecular flexibility index (Phi) is 7.70. The summed E-state index contributed by atoms with van der Waals surface area (Å²) >= 11 is 0. The first kappa shape index (κ1) is 21.6. The fourth-order valence-electron chi connectivity index (χ4n) is 7.48. The molecular weight excluding hydrogens is 332 g/mol. The first-order valence-corrected chi connectivity index (χ1v) is 12.3. The lowest BCUT2D eigenvalue weighted by Gasteiger charge is -2.51. The number of unbranched alkanes of at least 4 members (excludes halogenated alkanes) is 1. The van der Waals surface area contributed by atoms with Crippen LogP contribution in [0.1, 0.15) is 104 Å². The second-order valence-electron chi connectivity index (χ2n) is 10.7. The van der Waals surface area contributed by atoms with Gasteiger partial charge in [-0.05, 0) is 106 Å². The van der Waals surface area contributed by atoms with Crippen molar-refractivity contribution >= 4 is 0 Å². The van der Waals surface area contributed by atoms with Crippen molar-refractivity contribution in [1.29, 1.82) is 0 Å². The van der Waals surface area contributed by atoms with Crippen LogP contribution in [-0.2, 0) is 0 Å². The van der Waals surface area contributed by atoms with Crippen molar-refractivity contribution < 1.29 is 10.2 Å². The van der Waals surface area contributed by atoms with E-state index >= 15 is 0 Å². The highest BCUT2D eigenvalue weighted by Crippen LogP contribution is 2.55. The lowest BCUT2D eigenvalue weighted by atomic mass is 9.55. The molecule has 0 spiro atoms. The van der Waals surface area contributed by atoms with E-state index in [2.05, 4.69) is 20.8 Å². The standard InChI is InChI=1S/C25H46O2/c1-4-6-7-24-22(20-9-8-19(15-20)18(3)17-26)11-10-21-16-25(27,13-5-2)14-12-23(21)24/h18-24,26-27H,4-17H2,1-3H3/t18?,19?,20-,21-,22+,23+,24+,25-/m1/s1. The molecule has 3 fully saturated rings. The van der Waals surface area contributed by atoms with Crippen LogP contribution in [-0.4, -0.2) is 22.4 Å². The topological polar surface area (TPSA) is 40.5 Å². The number of hydrogen-bond donors (Lipinski definition) is 2. The number of hydrogen-bond acceptors (Lipinski definition) is 2. The Morgan fingerprint density at radius 3 is 2.41 bits per heavy atom. The Labute approximate surface area is 168 Å². The van der Waals surface area contributed by atoms with E-state index in [0.29, 0.717) is 12.5 Å². The number of aliphatic hydroxyl groups excluding tert-OH is 1. The fraction of sp³-hybridized carbons (Fsp3) is 1.00. The maximum atomic E-state index is 11.0. The van der Waals surface area contributed by atoms with Crippen LogP contribution in [0.3, 0.4) is 0 Å². The third kappa shape index (κ3) is 4.92. The summed E-state index contributed by atoms with van der Waals surface area (Å²) in [6.07, 6.45) is 16.5. The molecule has 0 radical (unpaired) electrons. The molecule has 0 aromatic rings. The fourth-order valence-corrected chi connectivity index (χ4v) is 7.48. The van der Waals surface area contributed by atoms with Crippen molar-refractivity contribution in [3.05, 3.63) is 0 Å². The average Bonchev–Trinajstić information content (AvgIpc) is 3.15. The molecule has 158 valence electrons. The largest absolute Gasteiger partial charge is 0.396 e. The van der Waals surface area contributed by atoms with Gasteiger partial charge in [-0.3, -0.25) is 0 Å². The average molecular weight is 379 g/mol. The van der Waals surface area contributed by atoms with Crippen LogP contribution in [0, 0.1) is 41.4 Å². The van der Waals surface area contributed by atoms with Crippen LogP contribution in [0.4, 0.5) is 0 Å². The van der Waals surface area contributed by atoms with Crippen molar-refractivity contribution in [2.75, 3.05) is 6.61 Å². The molecule has 0 heterocycles. The Bertz CT molecular complexity index is 450. The van der Waals surface area contributed by atoms with Crippen LogP contribution in [0.15, 0.2) is 0 Å². The first-order valence-electron chi connectivity index (χ1n) is 12.3. The summed E-state index contributed by atoms with van der Waals surface area (Å²) in [5.74, 6) is 5.63. The molecular formula is C25H46O2. The van der Waals surface area contributed by atoms with E-state index < -0.39 is 0 Å². The summed E-state index contributed by atoms with van der Waals surface area (Å²) in [6.45, 7) is 7.16. The smallest absolute Gasteiger partial charge is 0.0650 e. The zero-order valence-electron chi connectivity index (χ0n) is 18.3. The predicted octanol–water partition coefficient (Wildman–Crippen LogP) is 6.20. The molecule has 2 unspecified atom stereocenters. The van der Waals surface area contributed by atoms with Crippen LogP contribution in [0.25, 0.3) is 0 Å². The Hall–Kier alpha value is -0.0800. The van der Waals surface area contributed by atoms with E-state index in [1.807, 2.05) is 0 Å². The van der Waals surface area contributed by atoms with E-state index in [1.165, 1.54) is 57.8 Å². The minimum Gasteiger partial charge on any atom is -0.396 e. The molecule has 0 aromatic heterocycles. The summed E-state index contributed by atoms with van der Waals surface area (Å²) in [6, 6.07) is 0. The number of rotatable bonds is 8. The maximum absolute atomic E-state index is 11.0. The highest BCUT2D eigenvalue weighted by molar-refractivity contribution is 4.99. The molecule has 3 aliphatic carbocycles. The van der Waals surface area contributed by atoms with Crippen LogP contribution in [0.2, 0.25) is 0 Å². The van der Waals surface area contributed by atoms with Crippen molar-refractivity contribution in [2.24, 2.45) is 41.4 Å². The van der Waals surface area contributed by atoms with Crippen molar-refractivity contribution in [2.45, 2.75) is 110 Å². The molecule has 0 amide bonds. The van der Waals surface area contributed by atoms with Crippen molar-refractivity contribution in [1.82, 2.24) is 0 Å². The van der Waals surface area contributed by atoms with Gasteiger partial charge in [0, 0.05) is 6.61 Å². The molecule has 3 saturated carbocycles. The SMILES string of the molecule is CCCC[C@H]1[C@H]([C@@H]2CCC(C(C)CO)C2)CC[C@@H]2C[C@@](O)(CCC)CC[C@@H]21. The van der Waals surface area contributed by atoms with Crippen LogP contribution in [0.5, 0.6) is 0 Å². The van der Waals surface area contributed by atoms with Gasteiger partial charge in [-0.1, -0.05) is 40.0 Å². The van der Waals surface area contributed by atoms with Gasteiger partial charge in [-0.25, -0.2) is 0 Å². The minimum absolute atomic E-state index is 0.354. The number of fused-ring (bicyclic) bond motifs is 1. The van der Waals surface area contributed by atoms with E-state index in [9.17, 15) is 10.2 Å². The van der Waals surface area contributed by atoms with Gasteiger partial charge in [-0.15, -0.1) is 0 Å². The van der Waals surface area contributed by atoms with Gasteiger partial charge in [0.2, 0.25) is 0 Å². The van der Waals surface area contributed by atoms with Gasteiger partial charge < -0.3 is 10.2 Å². The first-order chi connectivity index (χ1) is 13.0. The molecule has 2 heteroatoms. The van der Waals surface area contributed by atoms with Gasteiger partial charge >= 0.3 is 0 Å². The van der Waals surface area contributed by atoms with Gasteiger partial charge in [0.05, 0.1) is 5.60 Å². The summed E-state index contributed by atoms with van der Waals surface area (Å²) in [7, 11) is 0. The minimum atomic E-state index is -0.354. The molecule has 3 aliphatic rings. The Morgan fingerprint density at radius 1 is 0.963 bits per heavy atom. The highest BCUT2D eigenvalue weighted by atomic mass is 16.3. The Balaban J connectivity index is 1.68. The van der Waals surface area contributed by atoms with E-state index in [0.717, 1.165) is 61.2 Å². The molecule has 0 aliphatic heterocycles. The lowest BCUT2D eigenvalue weighted by molar-refractivity contribution is -0.0819. The molecule has 2 nitrogen and oxygen atoms in total. The van der Waals surface area contributed by atoms with E-state index in [1.54, 1.807) is 0 Å². The molecule has 0 saturated heterocycles. The maximum Gasteiger partial charge on any atom is 0.0650 e. The van der Waals surface area contributed by atoms with Gasteiger partial charge in [-0.2, -0.15) is 0 Å². The molecule has 2 N–H and O–H groups in total. The zero-order valence-corrected chi connectivity index (χ0v) is 18.3. The van der Waals surface area contributed by atoms with Crippen LogP contribution >= 0.6 is 0 Å². The summed E-state index contributed by atoms with van der Waals surface area (Å²) < 4.78 is 0. The zero-order chi connectivity index (χ0) is 19.4. The van der Waals surface area contributed by atoms with Gasteiger partial charge in [0.1, 0.15) is 0 Å². The molecule has 0 bridgehead atoms. The monoisotopic (exact) mass is 378 g/mol. The summed E-state index contributed by atoms with van der Waals surface area (Å²) in [5, 5.41) is 20.6. The van der Waals surface area contributed by atoms with Crippen molar-refractivity contribution in [3.8, 4) is 0 Å². The molecule has 3 rings (SSSR count). The quantitative estimate of drug-likeness (QED) is 0.528. The predicted molar refractivity (Wildman–Crippen MR) is 114 cm³/mol. The van der Waals surface area contributed by atoms with Crippen molar-refractivity contribution in [3.63, 3.8) is 0 Å². The third-order valence-corrected chi connectivity index (χ3v) is 8.98. The molecule has 27 heavy (non-hydrogen) atoms. The summed E-state index contributed by atoms with van der Waals surface area (Å²) in [4.78, 5) is 0. The molecule has 0 aromatic carbocycles.